The molecule has 2 heterocycles. The Labute approximate surface area is 141 Å². The second kappa shape index (κ2) is 5.82. The van der Waals surface area contributed by atoms with E-state index in [1.807, 2.05) is 35.4 Å². The molecule has 0 bridgehead atoms. The summed E-state index contributed by atoms with van der Waals surface area (Å²) in [7, 11) is 3.31. The third-order valence-corrected chi connectivity index (χ3v) is 4.98. The lowest BCUT2D eigenvalue weighted by molar-refractivity contribution is -0.119. The van der Waals surface area contributed by atoms with Crippen LogP contribution in [0.3, 0.4) is 0 Å². The van der Waals surface area contributed by atoms with Crippen LogP contribution < -0.4 is 14.4 Å². The predicted octanol–water partition coefficient (Wildman–Crippen LogP) is 2.79. The number of carbonyl (C=O) groups is 1. The van der Waals surface area contributed by atoms with Crippen molar-refractivity contribution in [2.24, 2.45) is 5.92 Å². The molecule has 0 spiro atoms. The van der Waals surface area contributed by atoms with E-state index in [2.05, 4.69) is 4.98 Å². The van der Waals surface area contributed by atoms with Crippen molar-refractivity contribution in [1.82, 2.24) is 4.98 Å². The zero-order valence-electron chi connectivity index (χ0n) is 13.9. The van der Waals surface area contributed by atoms with E-state index >= 15 is 0 Å². The van der Waals surface area contributed by atoms with Crippen molar-refractivity contribution in [3.63, 3.8) is 0 Å². The summed E-state index contributed by atoms with van der Waals surface area (Å²) in [4.78, 5) is 19.0. The molecule has 0 radical (unpaired) electrons. The molecule has 1 aliphatic carbocycles. The molecule has 5 nitrogen and oxygen atoms in total. The third kappa shape index (κ3) is 2.40. The highest BCUT2D eigenvalue weighted by atomic mass is 16.5. The Morgan fingerprint density at radius 2 is 2.12 bits per heavy atom. The van der Waals surface area contributed by atoms with Crippen molar-refractivity contribution >= 4 is 11.6 Å². The lowest BCUT2D eigenvalue weighted by Gasteiger charge is -2.17. The minimum absolute atomic E-state index is 0.0186. The zero-order valence-corrected chi connectivity index (χ0v) is 13.9. The van der Waals surface area contributed by atoms with E-state index in [0.717, 1.165) is 47.7 Å². The molecule has 2 atom stereocenters. The Morgan fingerprint density at radius 1 is 1.25 bits per heavy atom. The van der Waals surface area contributed by atoms with Gasteiger partial charge in [0, 0.05) is 42.0 Å². The minimum atomic E-state index is 0.0186. The van der Waals surface area contributed by atoms with Gasteiger partial charge in [0.1, 0.15) is 11.5 Å². The van der Waals surface area contributed by atoms with Gasteiger partial charge in [-0.15, -0.1) is 0 Å². The van der Waals surface area contributed by atoms with E-state index in [9.17, 15) is 4.79 Å². The average molecular weight is 324 g/mol. The number of rotatable bonds is 4. The summed E-state index contributed by atoms with van der Waals surface area (Å²) in [6, 6.07) is 7.71. The molecule has 124 valence electrons. The highest BCUT2D eigenvalue weighted by Gasteiger charge is 2.48. The van der Waals surface area contributed by atoms with Gasteiger partial charge in [-0.05, 0) is 42.7 Å². The van der Waals surface area contributed by atoms with Gasteiger partial charge in [0.2, 0.25) is 5.91 Å². The summed E-state index contributed by atoms with van der Waals surface area (Å²) in [5.74, 6) is 2.04. The van der Waals surface area contributed by atoms with Crippen molar-refractivity contribution in [2.45, 2.75) is 18.8 Å². The van der Waals surface area contributed by atoms with Crippen LogP contribution in [0.2, 0.25) is 0 Å². The first-order valence-electron chi connectivity index (χ1n) is 8.19. The van der Waals surface area contributed by atoms with Gasteiger partial charge >= 0.3 is 0 Å². The maximum absolute atomic E-state index is 12.9. The fraction of sp³-hybridized carbons (Fsp3) is 0.368. The monoisotopic (exact) mass is 324 g/mol. The Hall–Kier alpha value is -2.56. The summed E-state index contributed by atoms with van der Waals surface area (Å²) in [5, 5.41) is 0. The van der Waals surface area contributed by atoms with Crippen LogP contribution in [0.1, 0.15) is 23.5 Å². The SMILES string of the molecule is COc1ccc(OC)c(C2CC2C(=O)N2CCc3cnccc32)c1. The minimum Gasteiger partial charge on any atom is -0.497 e. The molecule has 2 unspecified atom stereocenters. The number of amides is 1. The fourth-order valence-electron chi connectivity index (χ4n) is 3.60. The van der Waals surface area contributed by atoms with E-state index in [1.54, 1.807) is 20.4 Å². The highest BCUT2D eigenvalue weighted by molar-refractivity contribution is 5.99. The van der Waals surface area contributed by atoms with Gasteiger partial charge in [0.15, 0.2) is 0 Å². The van der Waals surface area contributed by atoms with Crippen LogP contribution in [0, 0.1) is 5.92 Å². The number of aromatic nitrogens is 1. The number of methoxy groups -OCH3 is 2. The largest absolute Gasteiger partial charge is 0.497 e. The summed E-state index contributed by atoms with van der Waals surface area (Å²) >= 11 is 0. The van der Waals surface area contributed by atoms with Crippen LogP contribution in [0.15, 0.2) is 36.7 Å². The van der Waals surface area contributed by atoms with E-state index in [0.29, 0.717) is 0 Å². The Morgan fingerprint density at radius 3 is 2.92 bits per heavy atom. The summed E-state index contributed by atoms with van der Waals surface area (Å²) in [5.41, 5.74) is 3.23. The van der Waals surface area contributed by atoms with Gasteiger partial charge in [-0.25, -0.2) is 0 Å². The number of hydrogen-bond acceptors (Lipinski definition) is 4. The first kappa shape index (κ1) is 15.0. The maximum Gasteiger partial charge on any atom is 0.230 e. The molecule has 2 aliphatic rings. The molecule has 1 fully saturated rings. The van der Waals surface area contributed by atoms with E-state index in [-0.39, 0.29) is 17.7 Å². The van der Waals surface area contributed by atoms with Crippen molar-refractivity contribution < 1.29 is 14.3 Å². The normalized spacial score (nSPS) is 21.3. The Balaban J connectivity index is 1.56. The molecule has 5 heteroatoms. The molecule has 1 aliphatic heterocycles. The van der Waals surface area contributed by atoms with Crippen molar-refractivity contribution in [1.29, 1.82) is 0 Å². The van der Waals surface area contributed by atoms with E-state index < -0.39 is 0 Å². The van der Waals surface area contributed by atoms with Crippen molar-refractivity contribution in [3.8, 4) is 11.5 Å². The molecule has 0 saturated heterocycles. The Bertz CT molecular complexity index is 790. The third-order valence-electron chi connectivity index (χ3n) is 4.98. The molecule has 1 aromatic carbocycles. The van der Waals surface area contributed by atoms with Crippen LogP contribution in [0.4, 0.5) is 5.69 Å². The van der Waals surface area contributed by atoms with Gasteiger partial charge in [-0.1, -0.05) is 0 Å². The number of ether oxygens (including phenoxy) is 2. The van der Waals surface area contributed by atoms with Crippen LogP contribution in [-0.4, -0.2) is 31.7 Å². The van der Waals surface area contributed by atoms with Crippen LogP contribution >= 0.6 is 0 Å². The maximum atomic E-state index is 12.9. The van der Waals surface area contributed by atoms with Crippen molar-refractivity contribution in [2.75, 3.05) is 25.7 Å². The molecule has 0 N–H and O–H groups in total. The molecule has 1 amide bonds. The first-order chi connectivity index (χ1) is 11.7. The van der Waals surface area contributed by atoms with Crippen LogP contribution in [0.25, 0.3) is 0 Å². The quantitative estimate of drug-likeness (QED) is 0.868. The molecule has 1 saturated carbocycles. The number of hydrogen-bond donors (Lipinski definition) is 0. The molecule has 24 heavy (non-hydrogen) atoms. The van der Waals surface area contributed by atoms with E-state index in [1.165, 1.54) is 0 Å². The van der Waals surface area contributed by atoms with Crippen LogP contribution in [-0.2, 0) is 11.2 Å². The summed E-state index contributed by atoms with van der Waals surface area (Å²) < 4.78 is 10.8. The topological polar surface area (TPSA) is 51.7 Å². The second-order valence-electron chi connectivity index (χ2n) is 6.30. The van der Waals surface area contributed by atoms with Crippen LogP contribution in [0.5, 0.6) is 11.5 Å². The number of carbonyl (C=O) groups excluding carboxylic acids is 1. The standard InChI is InChI=1S/C19H20N2O3/c1-23-13-3-4-18(24-2)15(9-13)14-10-16(14)19(22)21-8-6-12-11-20-7-5-17(12)21/h3-5,7,9,11,14,16H,6,8,10H2,1-2H3. The highest BCUT2D eigenvalue weighted by Crippen LogP contribution is 2.52. The lowest BCUT2D eigenvalue weighted by atomic mass is 10.1. The molecule has 2 aromatic rings. The number of fused-ring (bicyclic) bond motifs is 1. The van der Waals surface area contributed by atoms with Crippen molar-refractivity contribution in [3.05, 3.63) is 47.8 Å². The number of pyridine rings is 1. The molecule has 4 rings (SSSR count). The number of nitrogens with zero attached hydrogens (tertiary/aromatic N) is 2. The van der Waals surface area contributed by atoms with Gasteiger partial charge in [0.05, 0.1) is 14.2 Å². The molecular formula is C19H20N2O3. The van der Waals surface area contributed by atoms with Gasteiger partial charge < -0.3 is 14.4 Å². The zero-order chi connectivity index (χ0) is 16.7. The van der Waals surface area contributed by atoms with Gasteiger partial charge in [0.25, 0.3) is 0 Å². The lowest BCUT2D eigenvalue weighted by Crippen LogP contribution is -2.30. The number of anilines is 1. The predicted molar refractivity (Wildman–Crippen MR) is 90.7 cm³/mol. The molecule has 1 aromatic heterocycles. The fourth-order valence-corrected chi connectivity index (χ4v) is 3.60. The van der Waals surface area contributed by atoms with Gasteiger partial charge in [-0.2, -0.15) is 0 Å². The van der Waals surface area contributed by atoms with Gasteiger partial charge in [-0.3, -0.25) is 9.78 Å². The van der Waals surface area contributed by atoms with E-state index in [4.69, 9.17) is 9.47 Å². The second-order valence-corrected chi connectivity index (χ2v) is 6.30. The summed E-state index contributed by atoms with van der Waals surface area (Å²) in [6.45, 7) is 0.748. The first-order valence-corrected chi connectivity index (χ1v) is 8.19. The Kier molecular flexibility index (Phi) is 3.63. The smallest absolute Gasteiger partial charge is 0.230 e. The average Bonchev–Trinajstić information content (AvgIpc) is 3.32. The molecular weight excluding hydrogens is 304 g/mol. The summed E-state index contributed by atoms with van der Waals surface area (Å²) in [6.07, 6.45) is 5.35. The number of benzene rings is 1.